The summed E-state index contributed by atoms with van der Waals surface area (Å²) in [4.78, 5) is 12.3. The lowest BCUT2D eigenvalue weighted by Gasteiger charge is -2.21. The van der Waals surface area contributed by atoms with Crippen LogP contribution in [0.1, 0.15) is 64.7 Å². The van der Waals surface area contributed by atoms with E-state index in [9.17, 15) is 13.2 Å². The fourth-order valence-electron chi connectivity index (χ4n) is 2.27. The molecule has 1 aromatic rings. The summed E-state index contributed by atoms with van der Waals surface area (Å²) in [5.41, 5.74) is -0.374. The van der Waals surface area contributed by atoms with Gasteiger partial charge in [0.15, 0.2) is 0 Å². The molecule has 2 N–H and O–H groups in total. The van der Waals surface area contributed by atoms with Crippen LogP contribution in [0.15, 0.2) is 23.1 Å². The molecule has 1 unspecified atom stereocenters. The Hall–Kier alpha value is -1.11. The number of benzene rings is 1. The lowest BCUT2D eigenvalue weighted by atomic mass is 10.0. The minimum atomic E-state index is -3.82. The molecule has 1 rings (SSSR count). The van der Waals surface area contributed by atoms with Crippen molar-refractivity contribution in [1.29, 1.82) is 0 Å². The molecule has 0 aliphatic heterocycles. The number of nitrogens with one attached hydrogen (secondary N) is 2. The molecule has 0 bridgehead atoms. The number of amides is 1. The summed E-state index contributed by atoms with van der Waals surface area (Å²) in [7, 11) is -3.82. The molecule has 0 aliphatic carbocycles. The highest BCUT2D eigenvalue weighted by molar-refractivity contribution is 7.89. The maximum absolute atomic E-state index is 12.5. The van der Waals surface area contributed by atoms with E-state index in [0.717, 1.165) is 12.8 Å². The Kier molecular flexibility index (Phi) is 7.47. The second-order valence-electron chi connectivity index (χ2n) is 7.85. The van der Waals surface area contributed by atoms with Crippen LogP contribution in [0.2, 0.25) is 5.02 Å². The van der Waals surface area contributed by atoms with Crippen molar-refractivity contribution in [2.24, 2.45) is 5.92 Å². The molecule has 0 aliphatic rings. The summed E-state index contributed by atoms with van der Waals surface area (Å²) in [5, 5.41) is 2.99. The third-order valence-electron chi connectivity index (χ3n) is 3.48. The molecule has 0 fully saturated rings. The van der Waals surface area contributed by atoms with E-state index in [1.165, 1.54) is 18.2 Å². The second kappa shape index (κ2) is 8.52. The molecule has 1 aromatic carbocycles. The first-order valence-electron chi connectivity index (χ1n) is 8.46. The number of carbonyl (C=O) groups is 1. The molecular weight excluding hydrogens is 360 g/mol. The van der Waals surface area contributed by atoms with Crippen LogP contribution in [0.3, 0.4) is 0 Å². The summed E-state index contributed by atoms with van der Waals surface area (Å²) < 4.78 is 27.6. The van der Waals surface area contributed by atoms with Gasteiger partial charge in [-0.3, -0.25) is 4.79 Å². The van der Waals surface area contributed by atoms with Gasteiger partial charge in [-0.2, -0.15) is 0 Å². The Bertz CT molecular complexity index is 710. The van der Waals surface area contributed by atoms with Gasteiger partial charge in [0.1, 0.15) is 4.90 Å². The molecule has 25 heavy (non-hydrogen) atoms. The highest BCUT2D eigenvalue weighted by atomic mass is 35.5. The smallest absolute Gasteiger partial charge is 0.251 e. The van der Waals surface area contributed by atoms with E-state index in [2.05, 4.69) is 23.9 Å². The highest BCUT2D eigenvalue weighted by Crippen LogP contribution is 2.24. The van der Waals surface area contributed by atoms with Crippen LogP contribution in [0.4, 0.5) is 0 Å². The van der Waals surface area contributed by atoms with Gasteiger partial charge >= 0.3 is 0 Å². The zero-order chi connectivity index (χ0) is 19.4. The van der Waals surface area contributed by atoms with Crippen molar-refractivity contribution in [2.75, 3.05) is 0 Å². The Morgan fingerprint density at radius 2 is 1.76 bits per heavy atom. The van der Waals surface area contributed by atoms with Crippen molar-refractivity contribution < 1.29 is 13.2 Å². The number of halogens is 1. The van der Waals surface area contributed by atoms with E-state index in [1.807, 2.05) is 6.92 Å². The summed E-state index contributed by atoms with van der Waals surface area (Å²) in [6.45, 7) is 11.4. The van der Waals surface area contributed by atoms with Gasteiger partial charge in [-0.05, 0) is 64.7 Å². The Labute approximate surface area is 156 Å². The van der Waals surface area contributed by atoms with Crippen LogP contribution in [-0.2, 0) is 10.0 Å². The summed E-state index contributed by atoms with van der Waals surface area (Å²) in [6, 6.07) is 4.30. The van der Waals surface area contributed by atoms with E-state index in [-0.39, 0.29) is 27.4 Å². The molecular formula is C18H29ClN2O3S. The van der Waals surface area contributed by atoms with E-state index in [4.69, 9.17) is 11.6 Å². The molecule has 142 valence electrons. The number of hydrogen-bond acceptors (Lipinski definition) is 3. The van der Waals surface area contributed by atoms with Crippen molar-refractivity contribution in [3.63, 3.8) is 0 Å². The average molecular weight is 389 g/mol. The minimum absolute atomic E-state index is 0.0123. The van der Waals surface area contributed by atoms with Crippen molar-refractivity contribution in [3.8, 4) is 0 Å². The van der Waals surface area contributed by atoms with Crippen molar-refractivity contribution in [1.82, 2.24) is 10.0 Å². The number of carbonyl (C=O) groups excluding carboxylic acids is 1. The van der Waals surface area contributed by atoms with Crippen LogP contribution in [-0.4, -0.2) is 25.9 Å². The van der Waals surface area contributed by atoms with Crippen molar-refractivity contribution in [2.45, 2.75) is 70.9 Å². The molecule has 0 radical (unpaired) electrons. The lowest BCUT2D eigenvalue weighted by Crippen LogP contribution is -2.40. The SMILES string of the molecule is CC(C)CCC(C)NC(=O)c1ccc(Cl)c(S(=O)(=O)NC(C)(C)C)c1. The zero-order valence-corrected chi connectivity index (χ0v) is 17.4. The van der Waals surface area contributed by atoms with Crippen LogP contribution in [0, 0.1) is 5.92 Å². The van der Waals surface area contributed by atoms with Gasteiger partial charge in [0.05, 0.1) is 5.02 Å². The minimum Gasteiger partial charge on any atom is -0.350 e. The second-order valence-corrected chi connectivity index (χ2v) is 9.90. The molecule has 7 heteroatoms. The zero-order valence-electron chi connectivity index (χ0n) is 15.8. The topological polar surface area (TPSA) is 75.3 Å². The predicted molar refractivity (Wildman–Crippen MR) is 103 cm³/mol. The largest absolute Gasteiger partial charge is 0.350 e. The average Bonchev–Trinajstić information content (AvgIpc) is 2.42. The molecule has 0 heterocycles. The Balaban J connectivity index is 2.99. The third-order valence-corrected chi connectivity index (χ3v) is 5.72. The molecule has 1 atom stereocenters. The van der Waals surface area contributed by atoms with E-state index in [1.54, 1.807) is 20.8 Å². The van der Waals surface area contributed by atoms with Crippen molar-refractivity contribution in [3.05, 3.63) is 28.8 Å². The van der Waals surface area contributed by atoms with Gasteiger partial charge in [0, 0.05) is 17.1 Å². The number of rotatable bonds is 7. The molecule has 0 aromatic heterocycles. The maximum Gasteiger partial charge on any atom is 0.251 e. The summed E-state index contributed by atoms with van der Waals surface area (Å²) >= 11 is 6.05. The predicted octanol–water partition coefficient (Wildman–Crippen LogP) is 3.97. The normalized spacial score (nSPS) is 13.8. The highest BCUT2D eigenvalue weighted by Gasteiger charge is 2.25. The van der Waals surface area contributed by atoms with E-state index in [0.29, 0.717) is 5.92 Å². The standard InChI is InChI=1S/C18H29ClN2O3S/c1-12(2)7-8-13(3)20-17(22)14-9-10-15(19)16(11-14)25(23,24)21-18(4,5)6/h9-13,21H,7-8H2,1-6H3,(H,20,22). The van der Waals surface area contributed by atoms with Gasteiger partial charge in [0.25, 0.3) is 5.91 Å². The fourth-order valence-corrected chi connectivity index (χ4v) is 4.22. The summed E-state index contributed by atoms with van der Waals surface area (Å²) in [6.07, 6.45) is 1.88. The summed E-state index contributed by atoms with van der Waals surface area (Å²) in [5.74, 6) is 0.259. The van der Waals surface area contributed by atoms with Gasteiger partial charge in [-0.1, -0.05) is 25.4 Å². The monoisotopic (exact) mass is 388 g/mol. The van der Waals surface area contributed by atoms with Crippen LogP contribution in [0.25, 0.3) is 0 Å². The van der Waals surface area contributed by atoms with E-state index < -0.39 is 15.6 Å². The van der Waals surface area contributed by atoms with Gasteiger partial charge < -0.3 is 5.32 Å². The first kappa shape index (κ1) is 21.9. The van der Waals surface area contributed by atoms with E-state index >= 15 is 0 Å². The maximum atomic E-state index is 12.5. The fraction of sp³-hybridized carbons (Fsp3) is 0.611. The molecule has 0 saturated carbocycles. The van der Waals surface area contributed by atoms with Crippen LogP contribution < -0.4 is 10.0 Å². The van der Waals surface area contributed by atoms with Gasteiger partial charge in [0.2, 0.25) is 10.0 Å². The quantitative estimate of drug-likeness (QED) is 0.741. The molecule has 0 spiro atoms. The Morgan fingerprint density at radius 3 is 2.28 bits per heavy atom. The first-order valence-corrected chi connectivity index (χ1v) is 10.3. The third kappa shape index (κ3) is 7.34. The van der Waals surface area contributed by atoms with Gasteiger partial charge in [-0.15, -0.1) is 0 Å². The molecule has 0 saturated heterocycles. The lowest BCUT2D eigenvalue weighted by molar-refractivity contribution is 0.0937. The Morgan fingerprint density at radius 1 is 1.16 bits per heavy atom. The van der Waals surface area contributed by atoms with Crippen LogP contribution in [0.5, 0.6) is 0 Å². The van der Waals surface area contributed by atoms with Crippen molar-refractivity contribution >= 4 is 27.5 Å². The number of hydrogen-bond donors (Lipinski definition) is 2. The number of sulfonamides is 1. The molecule has 5 nitrogen and oxygen atoms in total. The molecule has 1 amide bonds. The van der Waals surface area contributed by atoms with Crippen LogP contribution >= 0.6 is 11.6 Å². The first-order chi connectivity index (χ1) is 11.3. The van der Waals surface area contributed by atoms with Gasteiger partial charge in [-0.25, -0.2) is 13.1 Å².